The lowest BCUT2D eigenvalue weighted by Crippen LogP contribution is -1.99. The molecule has 0 saturated heterocycles. The number of hydrogen-bond donors (Lipinski definition) is 1. The van der Waals surface area contributed by atoms with Crippen LogP contribution in [-0.2, 0) is 0 Å². The predicted molar refractivity (Wildman–Crippen MR) is 77.3 cm³/mol. The van der Waals surface area contributed by atoms with Gasteiger partial charge in [-0.05, 0) is 36.6 Å². The second kappa shape index (κ2) is 4.55. The summed E-state index contributed by atoms with van der Waals surface area (Å²) < 4.78 is 5.23. The number of fused-ring (bicyclic) bond motifs is 1. The Hall–Kier alpha value is -2.07. The van der Waals surface area contributed by atoms with Gasteiger partial charge in [0.2, 0.25) is 5.78 Å². The van der Waals surface area contributed by atoms with Crippen LogP contribution in [0.5, 0.6) is 5.75 Å². The molecule has 2 aromatic heterocycles. The number of ketones is 1. The molecule has 4 heteroatoms. The normalized spacial score (nSPS) is 10.8. The molecule has 1 aromatic carbocycles. The van der Waals surface area contributed by atoms with E-state index in [1.54, 1.807) is 7.11 Å². The van der Waals surface area contributed by atoms with Crippen molar-refractivity contribution in [1.82, 2.24) is 4.98 Å². The monoisotopic (exact) mass is 271 g/mol. The zero-order valence-corrected chi connectivity index (χ0v) is 11.5. The molecule has 2 heterocycles. The highest BCUT2D eigenvalue weighted by Crippen LogP contribution is 2.29. The average molecular weight is 271 g/mol. The molecule has 0 spiro atoms. The van der Waals surface area contributed by atoms with Crippen molar-refractivity contribution in [3.05, 3.63) is 51.8 Å². The highest BCUT2D eigenvalue weighted by atomic mass is 32.1. The van der Waals surface area contributed by atoms with E-state index in [-0.39, 0.29) is 5.78 Å². The minimum atomic E-state index is 0.0620. The van der Waals surface area contributed by atoms with Crippen molar-refractivity contribution in [1.29, 1.82) is 0 Å². The van der Waals surface area contributed by atoms with Gasteiger partial charge in [-0.25, -0.2) is 0 Å². The fraction of sp³-hybridized carbons (Fsp3) is 0.133. The topological polar surface area (TPSA) is 42.1 Å². The number of nitrogens with one attached hydrogen (secondary N) is 1. The summed E-state index contributed by atoms with van der Waals surface area (Å²) >= 11 is 1.46. The number of thiophene rings is 1. The van der Waals surface area contributed by atoms with Crippen LogP contribution < -0.4 is 4.74 Å². The van der Waals surface area contributed by atoms with Crippen LogP contribution in [0.2, 0.25) is 0 Å². The van der Waals surface area contributed by atoms with E-state index < -0.39 is 0 Å². The summed E-state index contributed by atoms with van der Waals surface area (Å²) in [5.74, 6) is 0.818. The number of carbonyl (C=O) groups excluding carboxylic acids is 1. The van der Waals surface area contributed by atoms with E-state index in [1.807, 2.05) is 42.6 Å². The summed E-state index contributed by atoms with van der Waals surface area (Å²) in [4.78, 5) is 16.6. The Labute approximate surface area is 114 Å². The SMILES string of the molecule is COc1ccc2[nH]c(C)c(C(=O)c3cccs3)c2c1. The molecular formula is C15H13NO2S. The van der Waals surface area contributed by atoms with E-state index >= 15 is 0 Å². The maximum atomic E-state index is 12.6. The van der Waals surface area contributed by atoms with Crippen molar-refractivity contribution in [2.75, 3.05) is 7.11 Å². The fourth-order valence-corrected chi connectivity index (χ4v) is 2.93. The smallest absolute Gasteiger partial charge is 0.205 e. The molecule has 3 nitrogen and oxygen atoms in total. The Bertz CT molecular complexity index is 741. The van der Waals surface area contributed by atoms with E-state index in [9.17, 15) is 4.79 Å². The van der Waals surface area contributed by atoms with Gasteiger partial charge in [-0.15, -0.1) is 11.3 Å². The molecule has 0 radical (unpaired) electrons. The lowest BCUT2D eigenvalue weighted by molar-refractivity contribution is 0.104. The Morgan fingerprint density at radius 3 is 2.84 bits per heavy atom. The van der Waals surface area contributed by atoms with Crippen molar-refractivity contribution in [2.24, 2.45) is 0 Å². The van der Waals surface area contributed by atoms with E-state index in [2.05, 4.69) is 4.98 Å². The number of aryl methyl sites for hydroxylation is 1. The molecular weight excluding hydrogens is 258 g/mol. The third-order valence-corrected chi connectivity index (χ3v) is 4.03. The summed E-state index contributed by atoms with van der Waals surface area (Å²) in [5, 5.41) is 2.83. The van der Waals surface area contributed by atoms with E-state index in [4.69, 9.17) is 4.74 Å². The summed E-state index contributed by atoms with van der Waals surface area (Å²) in [6.45, 7) is 1.92. The average Bonchev–Trinajstić information content (AvgIpc) is 3.03. The largest absolute Gasteiger partial charge is 0.497 e. The number of aromatic amines is 1. The minimum absolute atomic E-state index is 0.0620. The molecule has 0 bridgehead atoms. The Morgan fingerprint density at radius 2 is 2.16 bits per heavy atom. The first-order chi connectivity index (χ1) is 9.20. The van der Waals surface area contributed by atoms with Crippen molar-refractivity contribution in [3.8, 4) is 5.75 Å². The van der Waals surface area contributed by atoms with Gasteiger partial charge in [-0.3, -0.25) is 4.79 Å². The molecule has 3 rings (SSSR count). The zero-order chi connectivity index (χ0) is 13.4. The maximum absolute atomic E-state index is 12.6. The van der Waals surface area contributed by atoms with Gasteiger partial charge in [-0.1, -0.05) is 6.07 Å². The molecule has 0 aliphatic carbocycles. The van der Waals surface area contributed by atoms with Crippen LogP contribution in [0.1, 0.15) is 20.9 Å². The van der Waals surface area contributed by atoms with Crippen molar-refractivity contribution < 1.29 is 9.53 Å². The lowest BCUT2D eigenvalue weighted by Gasteiger charge is -2.01. The molecule has 19 heavy (non-hydrogen) atoms. The highest BCUT2D eigenvalue weighted by Gasteiger charge is 2.18. The van der Waals surface area contributed by atoms with E-state index in [0.717, 1.165) is 32.8 Å². The zero-order valence-electron chi connectivity index (χ0n) is 10.7. The van der Waals surface area contributed by atoms with Crippen LogP contribution in [0.3, 0.4) is 0 Å². The molecule has 0 unspecified atom stereocenters. The number of aromatic nitrogens is 1. The molecule has 0 fully saturated rings. The summed E-state index contributed by atoms with van der Waals surface area (Å²) in [5.41, 5.74) is 2.58. The first-order valence-corrected chi connectivity index (χ1v) is 6.83. The van der Waals surface area contributed by atoms with Crippen LogP contribution in [0.25, 0.3) is 10.9 Å². The third kappa shape index (κ3) is 1.94. The van der Waals surface area contributed by atoms with Crippen LogP contribution in [0.4, 0.5) is 0 Å². The van der Waals surface area contributed by atoms with Gasteiger partial charge in [0.15, 0.2) is 0 Å². The number of ether oxygens (including phenoxy) is 1. The summed E-state index contributed by atoms with van der Waals surface area (Å²) in [6, 6.07) is 9.47. The van der Waals surface area contributed by atoms with Crippen molar-refractivity contribution in [2.45, 2.75) is 6.92 Å². The van der Waals surface area contributed by atoms with Gasteiger partial charge >= 0.3 is 0 Å². The Kier molecular flexibility index (Phi) is 2.87. The molecule has 0 saturated carbocycles. The number of methoxy groups -OCH3 is 1. The first kappa shape index (κ1) is 12.0. The quantitative estimate of drug-likeness (QED) is 0.737. The second-order valence-electron chi connectivity index (χ2n) is 4.34. The molecule has 3 aromatic rings. The van der Waals surface area contributed by atoms with Crippen LogP contribution in [0.15, 0.2) is 35.7 Å². The number of benzene rings is 1. The predicted octanol–water partition coefficient (Wildman–Crippen LogP) is 3.78. The summed E-state index contributed by atoms with van der Waals surface area (Å²) in [6.07, 6.45) is 0. The maximum Gasteiger partial charge on any atom is 0.205 e. The molecule has 0 atom stereocenters. The second-order valence-corrected chi connectivity index (χ2v) is 5.29. The third-order valence-electron chi connectivity index (χ3n) is 3.17. The molecule has 0 aliphatic rings. The number of carbonyl (C=O) groups is 1. The van der Waals surface area contributed by atoms with E-state index in [0.29, 0.717) is 0 Å². The fourth-order valence-electron chi connectivity index (χ4n) is 2.26. The van der Waals surface area contributed by atoms with Gasteiger partial charge in [0.25, 0.3) is 0 Å². The van der Waals surface area contributed by atoms with Crippen LogP contribution in [-0.4, -0.2) is 17.9 Å². The van der Waals surface area contributed by atoms with E-state index in [1.165, 1.54) is 11.3 Å². The number of rotatable bonds is 3. The molecule has 1 N–H and O–H groups in total. The molecule has 0 aliphatic heterocycles. The van der Waals surface area contributed by atoms with Crippen LogP contribution >= 0.6 is 11.3 Å². The molecule has 0 amide bonds. The Morgan fingerprint density at radius 1 is 1.32 bits per heavy atom. The van der Waals surface area contributed by atoms with Crippen molar-refractivity contribution in [3.63, 3.8) is 0 Å². The molecule has 96 valence electrons. The van der Waals surface area contributed by atoms with Gasteiger partial charge in [0.05, 0.1) is 17.6 Å². The number of hydrogen-bond acceptors (Lipinski definition) is 3. The standard InChI is InChI=1S/C15H13NO2S/c1-9-14(15(17)13-4-3-7-19-13)11-8-10(18-2)5-6-12(11)16-9/h3-8,16H,1-2H3. The lowest BCUT2D eigenvalue weighted by atomic mass is 10.1. The van der Waals surface area contributed by atoms with Gasteiger partial charge in [0.1, 0.15) is 5.75 Å². The van der Waals surface area contributed by atoms with Gasteiger partial charge in [-0.2, -0.15) is 0 Å². The highest BCUT2D eigenvalue weighted by molar-refractivity contribution is 7.12. The van der Waals surface area contributed by atoms with Crippen LogP contribution in [0, 0.1) is 6.92 Å². The number of H-pyrrole nitrogens is 1. The first-order valence-electron chi connectivity index (χ1n) is 5.95. The minimum Gasteiger partial charge on any atom is -0.497 e. The Balaban J connectivity index is 2.22. The van der Waals surface area contributed by atoms with Crippen molar-refractivity contribution >= 4 is 28.0 Å². The summed E-state index contributed by atoms with van der Waals surface area (Å²) in [7, 11) is 1.63. The van der Waals surface area contributed by atoms with Gasteiger partial charge in [0, 0.05) is 16.6 Å². The van der Waals surface area contributed by atoms with Gasteiger partial charge < -0.3 is 9.72 Å².